The van der Waals surface area contributed by atoms with E-state index in [9.17, 15) is 0 Å². The van der Waals surface area contributed by atoms with Crippen molar-refractivity contribution < 1.29 is 0 Å². The number of likely N-dealkylation sites (N-methyl/N-ethyl adjacent to an activating group) is 1. The van der Waals surface area contributed by atoms with Crippen molar-refractivity contribution in [3.8, 4) is 0 Å². The van der Waals surface area contributed by atoms with Gasteiger partial charge in [0.1, 0.15) is 0 Å². The third-order valence-electron chi connectivity index (χ3n) is 1.71. The molecule has 0 amide bonds. The van der Waals surface area contributed by atoms with Crippen molar-refractivity contribution in [2.75, 3.05) is 7.05 Å². The summed E-state index contributed by atoms with van der Waals surface area (Å²) >= 11 is 0. The Labute approximate surface area is 67.8 Å². The van der Waals surface area contributed by atoms with E-state index in [4.69, 9.17) is 0 Å². The molecule has 0 aliphatic rings. The smallest absolute Gasteiger partial charge is 0.0501 e. The molecule has 1 nitrogen and oxygen atoms in total. The Morgan fingerprint density at radius 3 is 2.45 bits per heavy atom. The summed E-state index contributed by atoms with van der Waals surface area (Å²) in [5.74, 6) is 0. The summed E-state index contributed by atoms with van der Waals surface area (Å²) in [7, 11) is 1.93. The van der Waals surface area contributed by atoms with Gasteiger partial charge >= 0.3 is 0 Å². The number of benzene rings is 1. The SMILES string of the molecule is C=C[C@@H](NC)c1ccccc1. The molecule has 0 aliphatic heterocycles. The number of hydrogen-bond donors (Lipinski definition) is 1. The first kappa shape index (κ1) is 8.02. The molecule has 1 N–H and O–H groups in total. The Morgan fingerprint density at radius 2 is 2.00 bits per heavy atom. The predicted molar refractivity (Wildman–Crippen MR) is 48.4 cm³/mol. The standard InChI is InChI=1S/C10H13N/c1-3-10(11-2)9-7-5-4-6-8-9/h3-8,10-11H,1H2,2H3/t10-/m1/s1. The van der Waals surface area contributed by atoms with Crippen LogP contribution < -0.4 is 5.32 Å². The van der Waals surface area contributed by atoms with E-state index in [1.54, 1.807) is 0 Å². The van der Waals surface area contributed by atoms with Crippen LogP contribution in [0.5, 0.6) is 0 Å². The summed E-state index contributed by atoms with van der Waals surface area (Å²) in [6.45, 7) is 3.75. The zero-order valence-electron chi connectivity index (χ0n) is 6.75. The van der Waals surface area contributed by atoms with Gasteiger partial charge in [-0.25, -0.2) is 0 Å². The zero-order valence-corrected chi connectivity index (χ0v) is 6.75. The molecule has 0 radical (unpaired) electrons. The van der Waals surface area contributed by atoms with Crippen molar-refractivity contribution >= 4 is 0 Å². The topological polar surface area (TPSA) is 12.0 Å². The molecular formula is C10H13N. The van der Waals surface area contributed by atoms with E-state index < -0.39 is 0 Å². The number of hydrogen-bond acceptors (Lipinski definition) is 1. The average molecular weight is 147 g/mol. The summed E-state index contributed by atoms with van der Waals surface area (Å²) in [5, 5.41) is 3.15. The minimum absolute atomic E-state index is 0.274. The van der Waals surface area contributed by atoms with Crippen molar-refractivity contribution in [2.45, 2.75) is 6.04 Å². The molecule has 0 saturated heterocycles. The molecule has 0 aromatic heterocycles. The van der Waals surface area contributed by atoms with E-state index in [0.717, 1.165) is 0 Å². The quantitative estimate of drug-likeness (QED) is 0.646. The van der Waals surface area contributed by atoms with E-state index >= 15 is 0 Å². The second kappa shape index (κ2) is 3.94. The fourth-order valence-corrected chi connectivity index (χ4v) is 1.08. The molecule has 1 aromatic rings. The van der Waals surface area contributed by atoms with Gasteiger partial charge in [0.25, 0.3) is 0 Å². The summed E-state index contributed by atoms with van der Waals surface area (Å²) in [5.41, 5.74) is 1.25. The van der Waals surface area contributed by atoms with Gasteiger partial charge in [0.05, 0.1) is 6.04 Å². The molecule has 0 saturated carbocycles. The van der Waals surface area contributed by atoms with E-state index in [1.165, 1.54) is 5.56 Å². The van der Waals surface area contributed by atoms with Crippen LogP contribution in [-0.2, 0) is 0 Å². The fourth-order valence-electron chi connectivity index (χ4n) is 1.08. The summed E-state index contributed by atoms with van der Waals surface area (Å²) in [4.78, 5) is 0. The molecule has 1 atom stereocenters. The maximum atomic E-state index is 3.75. The molecule has 1 aromatic carbocycles. The van der Waals surface area contributed by atoms with Crippen molar-refractivity contribution in [3.05, 3.63) is 48.6 Å². The number of rotatable bonds is 3. The van der Waals surface area contributed by atoms with E-state index in [1.807, 2.05) is 31.3 Å². The Kier molecular flexibility index (Phi) is 2.87. The lowest BCUT2D eigenvalue weighted by molar-refractivity contribution is 0.716. The number of nitrogens with one attached hydrogen (secondary N) is 1. The highest BCUT2D eigenvalue weighted by Gasteiger charge is 2.00. The zero-order chi connectivity index (χ0) is 8.10. The van der Waals surface area contributed by atoms with Gasteiger partial charge in [0, 0.05) is 0 Å². The van der Waals surface area contributed by atoms with Crippen molar-refractivity contribution in [1.29, 1.82) is 0 Å². The van der Waals surface area contributed by atoms with Crippen molar-refractivity contribution in [2.24, 2.45) is 0 Å². The highest BCUT2D eigenvalue weighted by molar-refractivity contribution is 5.21. The second-order valence-electron chi connectivity index (χ2n) is 2.41. The van der Waals surface area contributed by atoms with Crippen LogP contribution in [0.4, 0.5) is 0 Å². The first-order valence-electron chi connectivity index (χ1n) is 3.73. The van der Waals surface area contributed by atoms with Gasteiger partial charge in [-0.05, 0) is 12.6 Å². The van der Waals surface area contributed by atoms with Gasteiger partial charge in [0.15, 0.2) is 0 Å². The first-order valence-corrected chi connectivity index (χ1v) is 3.73. The lowest BCUT2D eigenvalue weighted by Gasteiger charge is -2.10. The van der Waals surface area contributed by atoms with Gasteiger partial charge in [0.2, 0.25) is 0 Å². The molecule has 0 fully saturated rings. The van der Waals surface area contributed by atoms with Crippen molar-refractivity contribution in [1.82, 2.24) is 5.32 Å². The van der Waals surface area contributed by atoms with Gasteiger partial charge < -0.3 is 5.32 Å². The third kappa shape index (κ3) is 1.92. The monoisotopic (exact) mass is 147 g/mol. The van der Waals surface area contributed by atoms with Crippen LogP contribution >= 0.6 is 0 Å². The molecule has 58 valence electrons. The van der Waals surface area contributed by atoms with Gasteiger partial charge in [-0.15, -0.1) is 6.58 Å². The highest BCUT2D eigenvalue weighted by atomic mass is 14.9. The normalized spacial score (nSPS) is 12.5. The molecule has 0 spiro atoms. The molecule has 0 unspecified atom stereocenters. The summed E-state index contributed by atoms with van der Waals surface area (Å²) in [6.07, 6.45) is 1.90. The van der Waals surface area contributed by atoms with Crippen LogP contribution in [0.3, 0.4) is 0 Å². The largest absolute Gasteiger partial charge is 0.310 e. The Hall–Kier alpha value is -1.08. The van der Waals surface area contributed by atoms with E-state index in [2.05, 4.69) is 24.0 Å². The Bertz CT molecular complexity index is 216. The molecule has 0 aliphatic carbocycles. The minimum atomic E-state index is 0.274. The van der Waals surface area contributed by atoms with Crippen LogP contribution in [0.2, 0.25) is 0 Å². The highest BCUT2D eigenvalue weighted by Crippen LogP contribution is 2.11. The second-order valence-corrected chi connectivity index (χ2v) is 2.41. The van der Waals surface area contributed by atoms with Gasteiger partial charge in [-0.3, -0.25) is 0 Å². The van der Waals surface area contributed by atoms with E-state index in [-0.39, 0.29) is 6.04 Å². The van der Waals surface area contributed by atoms with Crippen LogP contribution in [0.1, 0.15) is 11.6 Å². The fraction of sp³-hybridized carbons (Fsp3) is 0.200. The molecule has 0 bridgehead atoms. The van der Waals surface area contributed by atoms with Gasteiger partial charge in [-0.2, -0.15) is 0 Å². The minimum Gasteiger partial charge on any atom is -0.310 e. The Morgan fingerprint density at radius 1 is 1.36 bits per heavy atom. The average Bonchev–Trinajstić information content (AvgIpc) is 2.09. The maximum absolute atomic E-state index is 3.75. The van der Waals surface area contributed by atoms with E-state index in [0.29, 0.717) is 0 Å². The lowest BCUT2D eigenvalue weighted by Crippen LogP contribution is -2.12. The molecule has 0 heterocycles. The van der Waals surface area contributed by atoms with Crippen LogP contribution in [0, 0.1) is 0 Å². The molecular weight excluding hydrogens is 134 g/mol. The third-order valence-corrected chi connectivity index (χ3v) is 1.71. The predicted octanol–water partition coefficient (Wildman–Crippen LogP) is 2.13. The maximum Gasteiger partial charge on any atom is 0.0501 e. The molecule has 11 heavy (non-hydrogen) atoms. The van der Waals surface area contributed by atoms with Crippen LogP contribution in [-0.4, -0.2) is 7.05 Å². The van der Waals surface area contributed by atoms with Crippen molar-refractivity contribution in [3.63, 3.8) is 0 Å². The van der Waals surface area contributed by atoms with Crippen LogP contribution in [0.15, 0.2) is 43.0 Å². The Balaban J connectivity index is 2.82. The van der Waals surface area contributed by atoms with Gasteiger partial charge in [-0.1, -0.05) is 36.4 Å². The summed E-state index contributed by atoms with van der Waals surface area (Å²) in [6, 6.07) is 10.5. The molecule has 1 heteroatoms. The summed E-state index contributed by atoms with van der Waals surface area (Å²) < 4.78 is 0. The van der Waals surface area contributed by atoms with Crippen LogP contribution in [0.25, 0.3) is 0 Å². The lowest BCUT2D eigenvalue weighted by atomic mass is 10.1. The first-order chi connectivity index (χ1) is 5.38. The molecule has 1 rings (SSSR count).